The molecule has 0 atom stereocenters. The van der Waals surface area contributed by atoms with Crippen LogP contribution in [-0.2, 0) is 14.3 Å². The van der Waals surface area contributed by atoms with Gasteiger partial charge in [0.25, 0.3) is 5.91 Å². The number of benzene rings is 1. The van der Waals surface area contributed by atoms with Crippen LogP contribution in [0.3, 0.4) is 0 Å². The topological polar surface area (TPSA) is 93.7 Å². The number of nitrogens with one attached hydrogen (secondary N) is 2. The van der Waals surface area contributed by atoms with Crippen molar-refractivity contribution in [3.8, 4) is 5.75 Å². The van der Waals surface area contributed by atoms with Crippen molar-refractivity contribution in [1.29, 1.82) is 0 Å². The number of ether oxygens (including phenoxy) is 2. The summed E-state index contributed by atoms with van der Waals surface area (Å²) in [6.45, 7) is 2.26. The van der Waals surface area contributed by atoms with E-state index < -0.39 is 35.9 Å². The number of urea groups is 1. The zero-order valence-corrected chi connectivity index (χ0v) is 12.4. The normalized spacial score (nSPS) is 10.5. The lowest BCUT2D eigenvalue weighted by Crippen LogP contribution is -2.43. The summed E-state index contributed by atoms with van der Waals surface area (Å²) in [4.78, 5) is 34.1. The summed E-state index contributed by atoms with van der Waals surface area (Å²) in [7, 11) is 1.34. The van der Waals surface area contributed by atoms with Crippen molar-refractivity contribution >= 4 is 17.9 Å². The number of hydrogen-bond acceptors (Lipinski definition) is 5. The van der Waals surface area contributed by atoms with Gasteiger partial charge >= 0.3 is 12.0 Å². The van der Waals surface area contributed by atoms with Gasteiger partial charge in [-0.1, -0.05) is 0 Å². The van der Waals surface area contributed by atoms with E-state index in [1.807, 2.05) is 5.32 Å². The number of amides is 3. The molecule has 0 radical (unpaired) electrons. The Morgan fingerprint density at radius 1 is 1.18 bits per heavy atom. The van der Waals surface area contributed by atoms with Crippen molar-refractivity contribution in [2.45, 2.75) is 19.4 Å². The van der Waals surface area contributed by atoms with E-state index in [0.29, 0.717) is 0 Å². The van der Waals surface area contributed by atoms with E-state index in [2.05, 4.69) is 5.32 Å². The Labute approximate surface area is 126 Å². The third kappa shape index (κ3) is 5.39. The quantitative estimate of drug-likeness (QED) is 0.791. The zero-order chi connectivity index (χ0) is 16.8. The molecule has 0 spiro atoms. The van der Waals surface area contributed by atoms with Crippen LogP contribution in [-0.4, -0.2) is 37.2 Å². The molecule has 0 fully saturated rings. The number of carbonyl (C=O) groups is 3. The van der Waals surface area contributed by atoms with Crippen molar-refractivity contribution in [3.05, 3.63) is 30.1 Å². The van der Waals surface area contributed by atoms with Gasteiger partial charge in [-0.05, 0) is 38.1 Å². The van der Waals surface area contributed by atoms with Gasteiger partial charge in [0.2, 0.25) is 0 Å². The first-order chi connectivity index (χ1) is 10.2. The largest absolute Gasteiger partial charge is 0.476 e. The average Bonchev–Trinajstić information content (AvgIpc) is 2.46. The summed E-state index contributed by atoms with van der Waals surface area (Å²) in [6, 6.07) is 4.40. The Morgan fingerprint density at radius 3 is 2.32 bits per heavy atom. The van der Waals surface area contributed by atoms with Crippen molar-refractivity contribution < 1.29 is 28.2 Å². The smallest absolute Gasteiger partial charge is 0.350 e. The van der Waals surface area contributed by atoms with Crippen LogP contribution in [0.25, 0.3) is 0 Å². The molecule has 0 bridgehead atoms. The van der Waals surface area contributed by atoms with E-state index in [9.17, 15) is 18.8 Å². The number of imide groups is 1. The first kappa shape index (κ1) is 17.4. The maximum atomic E-state index is 12.8. The summed E-state index contributed by atoms with van der Waals surface area (Å²) >= 11 is 0. The average molecular weight is 312 g/mol. The first-order valence-corrected chi connectivity index (χ1v) is 6.38. The Morgan fingerprint density at radius 2 is 1.77 bits per heavy atom. The fourth-order valence-electron chi connectivity index (χ4n) is 1.37. The van der Waals surface area contributed by atoms with Gasteiger partial charge < -0.3 is 14.8 Å². The number of hydrogen-bond donors (Lipinski definition) is 2. The second kappa shape index (κ2) is 7.39. The molecule has 22 heavy (non-hydrogen) atoms. The van der Waals surface area contributed by atoms with Crippen LogP contribution in [0.15, 0.2) is 24.3 Å². The van der Waals surface area contributed by atoms with Crippen molar-refractivity contribution in [2.24, 2.45) is 0 Å². The van der Waals surface area contributed by atoms with Crippen LogP contribution in [0.5, 0.6) is 5.75 Å². The van der Waals surface area contributed by atoms with Crippen molar-refractivity contribution in [2.75, 3.05) is 13.7 Å². The van der Waals surface area contributed by atoms with Gasteiger partial charge in [-0.25, -0.2) is 14.0 Å². The third-order valence-electron chi connectivity index (χ3n) is 2.49. The molecule has 0 saturated carbocycles. The van der Waals surface area contributed by atoms with Crippen LogP contribution < -0.4 is 15.4 Å². The predicted octanol–water partition coefficient (Wildman–Crippen LogP) is 0.982. The van der Waals surface area contributed by atoms with Gasteiger partial charge in [-0.3, -0.25) is 10.1 Å². The minimum absolute atomic E-state index is 0.276. The highest BCUT2D eigenvalue weighted by Gasteiger charge is 2.32. The molecule has 8 heteroatoms. The second-order valence-electron chi connectivity index (χ2n) is 4.77. The molecule has 0 aliphatic heterocycles. The maximum Gasteiger partial charge on any atom is 0.350 e. The van der Waals surface area contributed by atoms with Crippen LogP contribution in [0.1, 0.15) is 13.8 Å². The molecule has 2 N–H and O–H groups in total. The van der Waals surface area contributed by atoms with Crippen LogP contribution in [0, 0.1) is 5.82 Å². The Kier molecular flexibility index (Phi) is 5.85. The van der Waals surface area contributed by atoms with Gasteiger partial charge in [0.05, 0.1) is 0 Å². The minimum atomic E-state index is -1.38. The molecular weight excluding hydrogens is 295 g/mol. The van der Waals surface area contributed by atoms with E-state index in [4.69, 9.17) is 9.47 Å². The molecule has 0 aliphatic carbocycles. The molecular formula is C14H17FN2O5. The Bertz CT molecular complexity index is 557. The lowest BCUT2D eigenvalue weighted by Gasteiger charge is -2.24. The monoisotopic (exact) mass is 312 g/mol. The molecule has 0 heterocycles. The first-order valence-electron chi connectivity index (χ1n) is 6.38. The Balaban J connectivity index is 2.53. The van der Waals surface area contributed by atoms with Gasteiger partial charge in [0.15, 0.2) is 12.2 Å². The predicted molar refractivity (Wildman–Crippen MR) is 74.7 cm³/mol. The lowest BCUT2D eigenvalue weighted by molar-refractivity contribution is -0.161. The van der Waals surface area contributed by atoms with Crippen LogP contribution in [0.2, 0.25) is 0 Å². The molecule has 120 valence electrons. The second-order valence-corrected chi connectivity index (χ2v) is 4.77. The maximum absolute atomic E-state index is 12.8. The fraction of sp³-hybridized carbons (Fsp3) is 0.357. The summed E-state index contributed by atoms with van der Waals surface area (Å²) in [5.41, 5.74) is -1.38. The number of esters is 1. The van der Waals surface area contributed by atoms with E-state index in [-0.39, 0.29) is 5.75 Å². The van der Waals surface area contributed by atoms with Gasteiger partial charge in [0, 0.05) is 7.05 Å². The number of halogens is 1. The molecule has 1 aromatic carbocycles. The zero-order valence-electron chi connectivity index (χ0n) is 12.4. The molecule has 7 nitrogen and oxygen atoms in total. The molecule has 1 rings (SSSR count). The highest BCUT2D eigenvalue weighted by Crippen LogP contribution is 2.19. The summed E-state index contributed by atoms with van der Waals surface area (Å²) < 4.78 is 23.0. The summed E-state index contributed by atoms with van der Waals surface area (Å²) in [6.07, 6.45) is 0. The summed E-state index contributed by atoms with van der Waals surface area (Å²) in [5.74, 6) is -1.73. The molecule has 1 aromatic rings. The van der Waals surface area contributed by atoms with Crippen LogP contribution >= 0.6 is 0 Å². The van der Waals surface area contributed by atoms with Crippen molar-refractivity contribution in [3.63, 3.8) is 0 Å². The van der Waals surface area contributed by atoms with Gasteiger partial charge in [0.1, 0.15) is 11.6 Å². The number of rotatable bonds is 5. The van der Waals surface area contributed by atoms with E-state index in [1.165, 1.54) is 45.2 Å². The molecule has 0 aromatic heterocycles. The Hall–Kier alpha value is -2.64. The molecule has 3 amide bonds. The highest BCUT2D eigenvalue weighted by molar-refractivity contribution is 5.95. The SMILES string of the molecule is CNC(=O)NC(=O)COC(=O)C(C)(C)Oc1ccc(F)cc1. The van der Waals surface area contributed by atoms with Gasteiger partial charge in [-0.15, -0.1) is 0 Å². The van der Waals surface area contributed by atoms with E-state index in [0.717, 1.165) is 0 Å². The van der Waals surface area contributed by atoms with Crippen LogP contribution in [0.4, 0.5) is 9.18 Å². The van der Waals surface area contributed by atoms with Gasteiger partial charge in [-0.2, -0.15) is 0 Å². The number of carbonyl (C=O) groups excluding carboxylic acids is 3. The standard InChI is InChI=1S/C14H17FN2O5/c1-14(2,22-10-6-4-9(15)5-7-10)12(19)21-8-11(18)17-13(20)16-3/h4-7H,8H2,1-3H3,(H2,16,17,18,20). The van der Waals surface area contributed by atoms with E-state index >= 15 is 0 Å². The molecule has 0 aliphatic rings. The fourth-order valence-corrected chi connectivity index (χ4v) is 1.37. The molecule has 0 unspecified atom stereocenters. The summed E-state index contributed by atoms with van der Waals surface area (Å²) in [5, 5.41) is 4.13. The van der Waals surface area contributed by atoms with Crippen molar-refractivity contribution in [1.82, 2.24) is 10.6 Å². The third-order valence-corrected chi connectivity index (χ3v) is 2.49. The molecule has 0 saturated heterocycles. The minimum Gasteiger partial charge on any atom is -0.476 e. The lowest BCUT2D eigenvalue weighted by atomic mass is 10.1. The highest BCUT2D eigenvalue weighted by atomic mass is 19.1. The van der Waals surface area contributed by atoms with E-state index in [1.54, 1.807) is 0 Å².